The highest BCUT2D eigenvalue weighted by atomic mass is 35.5. The first-order chi connectivity index (χ1) is 9.74. The number of hydrogen-bond donors (Lipinski definition) is 2. The summed E-state index contributed by atoms with van der Waals surface area (Å²) in [5.74, 6) is 0.228. The van der Waals surface area contributed by atoms with Crippen molar-refractivity contribution in [3.63, 3.8) is 0 Å². The van der Waals surface area contributed by atoms with Crippen molar-refractivity contribution in [1.29, 1.82) is 0 Å². The van der Waals surface area contributed by atoms with E-state index in [4.69, 9.17) is 11.6 Å². The quantitative estimate of drug-likeness (QED) is 0.887. The molecule has 1 amide bonds. The molecule has 3 rings (SSSR count). The second-order valence-corrected chi connectivity index (χ2v) is 4.95. The molecule has 1 aromatic heterocycles. The van der Waals surface area contributed by atoms with E-state index in [1.54, 1.807) is 12.1 Å². The third kappa shape index (κ3) is 2.64. The van der Waals surface area contributed by atoms with Gasteiger partial charge in [-0.15, -0.1) is 10.2 Å². The zero-order valence-electron chi connectivity index (χ0n) is 10.7. The molecule has 0 unspecified atom stereocenters. The van der Waals surface area contributed by atoms with E-state index in [1.165, 1.54) is 5.56 Å². The van der Waals surface area contributed by atoms with Gasteiger partial charge in [-0.1, -0.05) is 23.7 Å². The first-order valence-corrected chi connectivity index (χ1v) is 6.74. The van der Waals surface area contributed by atoms with Crippen molar-refractivity contribution in [3.8, 4) is 0 Å². The van der Waals surface area contributed by atoms with E-state index in [1.807, 2.05) is 18.2 Å². The number of anilines is 1. The fourth-order valence-corrected chi connectivity index (χ4v) is 2.41. The van der Waals surface area contributed by atoms with E-state index >= 15 is 0 Å². The summed E-state index contributed by atoms with van der Waals surface area (Å²) < 4.78 is 0. The Labute approximate surface area is 121 Å². The van der Waals surface area contributed by atoms with Crippen molar-refractivity contribution in [2.45, 2.75) is 13.0 Å². The number of halogens is 1. The molecule has 20 heavy (non-hydrogen) atoms. The summed E-state index contributed by atoms with van der Waals surface area (Å²) in [5, 5.41) is 13.9. The molecule has 2 heterocycles. The number of fused-ring (bicyclic) bond motifs is 1. The van der Waals surface area contributed by atoms with Crippen LogP contribution in [-0.4, -0.2) is 22.6 Å². The van der Waals surface area contributed by atoms with Crippen LogP contribution in [0.15, 0.2) is 30.3 Å². The first-order valence-electron chi connectivity index (χ1n) is 6.36. The van der Waals surface area contributed by atoms with E-state index in [2.05, 4.69) is 20.8 Å². The molecule has 5 nitrogen and oxygen atoms in total. The molecule has 0 atom stereocenters. The Balaban J connectivity index is 1.85. The molecule has 1 aliphatic heterocycles. The lowest BCUT2D eigenvalue weighted by molar-refractivity contribution is 0.102. The van der Waals surface area contributed by atoms with Gasteiger partial charge < -0.3 is 10.6 Å². The Morgan fingerprint density at radius 2 is 2.15 bits per heavy atom. The summed E-state index contributed by atoms with van der Waals surface area (Å²) in [6.07, 6.45) is 0.852. The highest BCUT2D eigenvalue weighted by Crippen LogP contribution is 2.19. The summed E-state index contributed by atoms with van der Waals surface area (Å²) >= 11 is 5.67. The van der Waals surface area contributed by atoms with E-state index in [0.29, 0.717) is 16.5 Å². The molecule has 0 saturated carbocycles. The first kappa shape index (κ1) is 13.0. The monoisotopic (exact) mass is 288 g/mol. The van der Waals surface area contributed by atoms with Crippen LogP contribution in [0.3, 0.4) is 0 Å². The number of carbonyl (C=O) groups excluding carboxylic acids is 1. The maximum Gasteiger partial charge on any atom is 0.257 e. The van der Waals surface area contributed by atoms with Gasteiger partial charge in [-0.05, 0) is 42.3 Å². The lowest BCUT2D eigenvalue weighted by Crippen LogP contribution is -2.26. The van der Waals surface area contributed by atoms with Crippen molar-refractivity contribution >= 4 is 23.3 Å². The molecule has 0 fully saturated rings. The Bertz CT molecular complexity index is 642. The minimum absolute atomic E-state index is 0.166. The SMILES string of the molecule is O=C(Nc1ccc(Cl)nn1)c1cccc2c1CCNC2. The van der Waals surface area contributed by atoms with E-state index < -0.39 is 0 Å². The molecule has 0 spiro atoms. The lowest BCUT2D eigenvalue weighted by atomic mass is 9.95. The van der Waals surface area contributed by atoms with Gasteiger partial charge in [0.1, 0.15) is 0 Å². The Hall–Kier alpha value is -1.98. The molecule has 0 saturated heterocycles. The van der Waals surface area contributed by atoms with Gasteiger partial charge in [0, 0.05) is 12.1 Å². The Kier molecular flexibility index (Phi) is 3.62. The summed E-state index contributed by atoms with van der Waals surface area (Å²) in [6.45, 7) is 1.69. The molecular formula is C14H13ClN4O. The third-order valence-corrected chi connectivity index (χ3v) is 3.46. The molecule has 102 valence electrons. The van der Waals surface area contributed by atoms with Crippen molar-refractivity contribution in [2.24, 2.45) is 0 Å². The highest BCUT2D eigenvalue weighted by molar-refractivity contribution is 6.29. The third-order valence-electron chi connectivity index (χ3n) is 3.26. The van der Waals surface area contributed by atoms with Crippen molar-refractivity contribution in [1.82, 2.24) is 15.5 Å². The summed E-state index contributed by atoms with van der Waals surface area (Å²) in [7, 11) is 0. The zero-order valence-corrected chi connectivity index (χ0v) is 11.4. The van der Waals surface area contributed by atoms with E-state index in [9.17, 15) is 4.79 Å². The van der Waals surface area contributed by atoms with Crippen molar-refractivity contribution in [2.75, 3.05) is 11.9 Å². The maximum absolute atomic E-state index is 12.3. The van der Waals surface area contributed by atoms with Crippen LogP contribution in [0.25, 0.3) is 0 Å². The minimum atomic E-state index is -0.166. The number of carbonyl (C=O) groups is 1. The number of rotatable bonds is 2. The molecule has 1 aromatic carbocycles. The molecule has 1 aliphatic rings. The van der Waals surface area contributed by atoms with Crippen LogP contribution in [0.4, 0.5) is 5.82 Å². The van der Waals surface area contributed by atoms with Crippen LogP contribution in [-0.2, 0) is 13.0 Å². The van der Waals surface area contributed by atoms with Crippen LogP contribution in [0, 0.1) is 0 Å². The fraction of sp³-hybridized carbons (Fsp3) is 0.214. The van der Waals surface area contributed by atoms with Gasteiger partial charge in [0.25, 0.3) is 5.91 Å². The van der Waals surface area contributed by atoms with Gasteiger partial charge in [-0.3, -0.25) is 4.79 Å². The van der Waals surface area contributed by atoms with Crippen LogP contribution in [0.5, 0.6) is 0 Å². The molecular weight excluding hydrogens is 276 g/mol. The van der Waals surface area contributed by atoms with Gasteiger partial charge in [0.2, 0.25) is 0 Å². The lowest BCUT2D eigenvalue weighted by Gasteiger charge is -2.19. The number of hydrogen-bond acceptors (Lipinski definition) is 4. The fourth-order valence-electron chi connectivity index (χ4n) is 2.31. The van der Waals surface area contributed by atoms with Gasteiger partial charge in [0.05, 0.1) is 0 Å². The van der Waals surface area contributed by atoms with Gasteiger partial charge in [-0.2, -0.15) is 0 Å². The summed E-state index contributed by atoms with van der Waals surface area (Å²) in [6, 6.07) is 9.00. The van der Waals surface area contributed by atoms with E-state index in [-0.39, 0.29) is 5.91 Å². The zero-order chi connectivity index (χ0) is 13.9. The molecule has 0 bridgehead atoms. The van der Waals surface area contributed by atoms with E-state index in [0.717, 1.165) is 25.1 Å². The Morgan fingerprint density at radius 1 is 1.25 bits per heavy atom. The minimum Gasteiger partial charge on any atom is -0.312 e. The standard InChI is InChI=1S/C14H13ClN4O/c15-12-4-5-13(19-18-12)17-14(20)11-3-1-2-9-8-16-7-6-10(9)11/h1-5,16H,6-8H2,(H,17,19,20). The number of amides is 1. The van der Waals surface area contributed by atoms with Crippen molar-refractivity contribution < 1.29 is 4.79 Å². The average molecular weight is 289 g/mol. The number of aromatic nitrogens is 2. The number of nitrogens with zero attached hydrogens (tertiary/aromatic N) is 2. The predicted octanol–water partition coefficient (Wildman–Crippen LogP) is 2.03. The van der Waals surface area contributed by atoms with Crippen LogP contribution in [0.1, 0.15) is 21.5 Å². The van der Waals surface area contributed by atoms with Crippen LogP contribution in [0.2, 0.25) is 5.15 Å². The normalized spacial score (nSPS) is 13.7. The molecule has 2 aromatic rings. The average Bonchev–Trinajstić information content (AvgIpc) is 2.49. The Morgan fingerprint density at radius 3 is 2.95 bits per heavy atom. The van der Waals surface area contributed by atoms with Crippen LogP contribution < -0.4 is 10.6 Å². The van der Waals surface area contributed by atoms with Gasteiger partial charge in [-0.25, -0.2) is 0 Å². The summed E-state index contributed by atoms with van der Waals surface area (Å²) in [4.78, 5) is 12.3. The number of benzene rings is 1. The van der Waals surface area contributed by atoms with Gasteiger partial charge in [0.15, 0.2) is 11.0 Å². The summed E-state index contributed by atoms with van der Waals surface area (Å²) in [5.41, 5.74) is 2.97. The maximum atomic E-state index is 12.3. The molecule has 2 N–H and O–H groups in total. The largest absolute Gasteiger partial charge is 0.312 e. The predicted molar refractivity (Wildman–Crippen MR) is 76.8 cm³/mol. The second-order valence-electron chi connectivity index (χ2n) is 4.57. The number of nitrogens with one attached hydrogen (secondary N) is 2. The second kappa shape index (κ2) is 5.56. The van der Waals surface area contributed by atoms with Crippen LogP contribution >= 0.6 is 11.6 Å². The molecule has 0 radical (unpaired) electrons. The highest BCUT2D eigenvalue weighted by Gasteiger charge is 2.17. The van der Waals surface area contributed by atoms with Gasteiger partial charge >= 0.3 is 0 Å². The topological polar surface area (TPSA) is 66.9 Å². The molecule has 6 heteroatoms. The van der Waals surface area contributed by atoms with Crippen molar-refractivity contribution in [3.05, 3.63) is 52.2 Å². The molecule has 0 aliphatic carbocycles. The smallest absolute Gasteiger partial charge is 0.257 e.